The molecule has 0 radical (unpaired) electrons. The largest absolute Gasteiger partial charge is 0.460 e. The van der Waals surface area contributed by atoms with Crippen LogP contribution in [0.3, 0.4) is 0 Å². The van der Waals surface area contributed by atoms with E-state index in [1.165, 1.54) is 38.5 Å². The molecule has 0 aromatic rings. The second kappa shape index (κ2) is 9.38. The van der Waals surface area contributed by atoms with Crippen molar-refractivity contribution in [1.29, 1.82) is 0 Å². The molecule has 3 heteroatoms. The third kappa shape index (κ3) is 5.82. The first kappa shape index (κ1) is 17.5. The molecular weight excluding hydrogens is 252 g/mol. The molecular formula is C17H32O3. The first-order valence-electron chi connectivity index (χ1n) is 8.31. The average Bonchev–Trinajstić information content (AvgIpc) is 2.47. The summed E-state index contributed by atoms with van der Waals surface area (Å²) in [5.74, 6) is 0.929. The Morgan fingerprint density at radius 2 is 1.75 bits per heavy atom. The minimum Gasteiger partial charge on any atom is -0.460 e. The molecule has 1 rings (SSSR count). The van der Waals surface area contributed by atoms with Crippen LogP contribution >= 0.6 is 0 Å². The normalized spacial score (nSPS) is 26.0. The van der Waals surface area contributed by atoms with Gasteiger partial charge in [-0.3, -0.25) is 4.79 Å². The van der Waals surface area contributed by atoms with Gasteiger partial charge < -0.3 is 9.47 Å². The number of unbranched alkanes of at least 4 members (excludes halogenated alkanes) is 2. The molecule has 0 bridgehead atoms. The van der Waals surface area contributed by atoms with Gasteiger partial charge in [-0.25, -0.2) is 0 Å². The van der Waals surface area contributed by atoms with E-state index in [1.807, 2.05) is 13.8 Å². The molecule has 1 aliphatic carbocycles. The quantitative estimate of drug-likeness (QED) is 0.491. The van der Waals surface area contributed by atoms with Crippen molar-refractivity contribution in [2.75, 3.05) is 7.11 Å². The van der Waals surface area contributed by atoms with Crippen LogP contribution in [0.1, 0.15) is 72.1 Å². The monoisotopic (exact) mass is 284 g/mol. The van der Waals surface area contributed by atoms with Gasteiger partial charge >= 0.3 is 5.97 Å². The predicted octanol–water partition coefficient (Wildman–Crippen LogP) is 4.34. The zero-order valence-electron chi connectivity index (χ0n) is 13.7. The van der Waals surface area contributed by atoms with E-state index in [1.54, 1.807) is 7.11 Å². The SMILES string of the molecule is CCCCC[C@H]1CC[C@H](C(=O)OC(C)C(C)OC)CC1. The molecule has 0 saturated heterocycles. The lowest BCUT2D eigenvalue weighted by molar-refractivity contribution is -0.160. The highest BCUT2D eigenvalue weighted by Crippen LogP contribution is 2.32. The summed E-state index contributed by atoms with van der Waals surface area (Å²) >= 11 is 0. The molecule has 0 aromatic heterocycles. The summed E-state index contributed by atoms with van der Waals surface area (Å²) < 4.78 is 10.7. The van der Waals surface area contributed by atoms with E-state index in [4.69, 9.17) is 9.47 Å². The third-order valence-corrected chi connectivity index (χ3v) is 4.73. The van der Waals surface area contributed by atoms with Gasteiger partial charge in [0, 0.05) is 7.11 Å². The fourth-order valence-electron chi connectivity index (χ4n) is 2.94. The van der Waals surface area contributed by atoms with Gasteiger partial charge in [0.2, 0.25) is 0 Å². The Morgan fingerprint density at radius 3 is 2.30 bits per heavy atom. The molecule has 0 spiro atoms. The molecule has 1 aliphatic rings. The van der Waals surface area contributed by atoms with Gasteiger partial charge in [0.1, 0.15) is 6.10 Å². The fraction of sp³-hybridized carbons (Fsp3) is 0.941. The van der Waals surface area contributed by atoms with Crippen molar-refractivity contribution in [2.24, 2.45) is 11.8 Å². The summed E-state index contributed by atoms with van der Waals surface area (Å²) in [6, 6.07) is 0. The second-order valence-corrected chi connectivity index (χ2v) is 6.30. The van der Waals surface area contributed by atoms with Crippen molar-refractivity contribution in [3.8, 4) is 0 Å². The van der Waals surface area contributed by atoms with Crippen LogP contribution in [0.5, 0.6) is 0 Å². The zero-order valence-corrected chi connectivity index (χ0v) is 13.7. The van der Waals surface area contributed by atoms with Crippen LogP contribution < -0.4 is 0 Å². The number of methoxy groups -OCH3 is 1. The number of carbonyl (C=O) groups excluding carboxylic acids is 1. The highest BCUT2D eigenvalue weighted by molar-refractivity contribution is 5.72. The number of carbonyl (C=O) groups is 1. The molecule has 2 atom stereocenters. The Morgan fingerprint density at radius 1 is 1.10 bits per heavy atom. The van der Waals surface area contributed by atoms with Crippen molar-refractivity contribution >= 4 is 5.97 Å². The maximum absolute atomic E-state index is 12.1. The van der Waals surface area contributed by atoms with E-state index >= 15 is 0 Å². The first-order valence-corrected chi connectivity index (χ1v) is 8.31. The maximum Gasteiger partial charge on any atom is 0.309 e. The number of esters is 1. The smallest absolute Gasteiger partial charge is 0.309 e. The lowest BCUT2D eigenvalue weighted by Gasteiger charge is -2.29. The van der Waals surface area contributed by atoms with Crippen molar-refractivity contribution in [2.45, 2.75) is 84.3 Å². The minimum absolute atomic E-state index is 0.0200. The molecule has 0 aromatic carbocycles. The Bertz CT molecular complexity index is 269. The van der Waals surface area contributed by atoms with Gasteiger partial charge in [-0.1, -0.05) is 32.6 Å². The van der Waals surface area contributed by atoms with Gasteiger partial charge in [0.15, 0.2) is 0 Å². The Labute approximate surface area is 124 Å². The molecule has 0 amide bonds. The van der Waals surface area contributed by atoms with Crippen LogP contribution in [0, 0.1) is 11.8 Å². The molecule has 20 heavy (non-hydrogen) atoms. The number of ether oxygens (including phenoxy) is 2. The maximum atomic E-state index is 12.1. The van der Waals surface area contributed by atoms with Gasteiger partial charge in [-0.05, 0) is 45.4 Å². The van der Waals surface area contributed by atoms with E-state index in [-0.39, 0.29) is 24.1 Å². The summed E-state index contributed by atoms with van der Waals surface area (Å²) in [6.07, 6.45) is 9.51. The van der Waals surface area contributed by atoms with E-state index in [9.17, 15) is 4.79 Å². The van der Waals surface area contributed by atoms with Crippen LogP contribution in [-0.2, 0) is 14.3 Å². The van der Waals surface area contributed by atoms with Gasteiger partial charge in [-0.2, -0.15) is 0 Å². The summed E-state index contributed by atoms with van der Waals surface area (Å²) in [4.78, 5) is 12.1. The van der Waals surface area contributed by atoms with Gasteiger partial charge in [0.25, 0.3) is 0 Å². The van der Waals surface area contributed by atoms with Crippen LogP contribution in [0.4, 0.5) is 0 Å². The molecule has 0 aliphatic heterocycles. The number of hydrogen-bond acceptors (Lipinski definition) is 3. The van der Waals surface area contributed by atoms with E-state index in [0.717, 1.165) is 18.8 Å². The first-order chi connectivity index (χ1) is 9.58. The molecule has 1 fully saturated rings. The molecule has 118 valence electrons. The van der Waals surface area contributed by atoms with Gasteiger partial charge in [-0.15, -0.1) is 0 Å². The number of rotatable bonds is 8. The lowest BCUT2D eigenvalue weighted by atomic mass is 9.80. The number of hydrogen-bond donors (Lipinski definition) is 0. The summed E-state index contributed by atoms with van der Waals surface area (Å²) in [5, 5.41) is 0. The Hall–Kier alpha value is -0.570. The van der Waals surface area contributed by atoms with Crippen molar-refractivity contribution in [3.63, 3.8) is 0 Å². The van der Waals surface area contributed by atoms with Gasteiger partial charge in [0.05, 0.1) is 12.0 Å². The summed E-state index contributed by atoms with van der Waals surface area (Å²) in [6.45, 7) is 6.08. The van der Waals surface area contributed by atoms with Crippen LogP contribution in [0.2, 0.25) is 0 Å². The summed E-state index contributed by atoms with van der Waals surface area (Å²) in [5.41, 5.74) is 0. The van der Waals surface area contributed by atoms with Crippen molar-refractivity contribution in [1.82, 2.24) is 0 Å². The summed E-state index contributed by atoms with van der Waals surface area (Å²) in [7, 11) is 1.65. The van der Waals surface area contributed by atoms with Crippen LogP contribution in [0.25, 0.3) is 0 Å². The highest BCUT2D eigenvalue weighted by atomic mass is 16.6. The molecule has 2 unspecified atom stereocenters. The van der Waals surface area contributed by atoms with Crippen molar-refractivity contribution in [3.05, 3.63) is 0 Å². The Balaban J connectivity index is 2.25. The predicted molar refractivity (Wildman–Crippen MR) is 81.6 cm³/mol. The average molecular weight is 284 g/mol. The van der Waals surface area contributed by atoms with Crippen molar-refractivity contribution < 1.29 is 14.3 Å². The topological polar surface area (TPSA) is 35.5 Å². The molecule has 1 saturated carbocycles. The fourth-order valence-corrected chi connectivity index (χ4v) is 2.94. The lowest BCUT2D eigenvalue weighted by Crippen LogP contribution is -2.32. The van der Waals surface area contributed by atoms with E-state index < -0.39 is 0 Å². The molecule has 3 nitrogen and oxygen atoms in total. The van der Waals surface area contributed by atoms with Crippen LogP contribution in [-0.4, -0.2) is 25.3 Å². The minimum atomic E-state index is -0.158. The highest BCUT2D eigenvalue weighted by Gasteiger charge is 2.29. The second-order valence-electron chi connectivity index (χ2n) is 6.30. The standard InChI is InChI=1S/C17H32O3/c1-5-6-7-8-15-9-11-16(12-10-15)17(18)20-14(3)13(2)19-4/h13-16H,5-12H2,1-4H3/t13?,14?,15-,16-. The third-order valence-electron chi connectivity index (χ3n) is 4.73. The van der Waals surface area contributed by atoms with E-state index in [2.05, 4.69) is 6.92 Å². The van der Waals surface area contributed by atoms with E-state index in [0.29, 0.717) is 0 Å². The molecule has 0 N–H and O–H groups in total. The molecule has 0 heterocycles. The Kier molecular flexibility index (Phi) is 8.20. The zero-order chi connectivity index (χ0) is 15.0. The van der Waals surface area contributed by atoms with Crippen LogP contribution in [0.15, 0.2) is 0 Å².